The topological polar surface area (TPSA) is 88.7 Å². The molecule has 1 unspecified atom stereocenters. The molecule has 43 heavy (non-hydrogen) atoms. The number of amides is 2. The summed E-state index contributed by atoms with van der Waals surface area (Å²) >= 11 is 0. The predicted octanol–water partition coefficient (Wildman–Crippen LogP) is 5.46. The number of aromatic amines is 1. The van der Waals surface area contributed by atoms with Crippen LogP contribution in [0.5, 0.6) is 0 Å². The highest BCUT2D eigenvalue weighted by molar-refractivity contribution is 6.07. The van der Waals surface area contributed by atoms with Crippen LogP contribution in [0.3, 0.4) is 0 Å². The van der Waals surface area contributed by atoms with Crippen molar-refractivity contribution in [2.24, 2.45) is 5.41 Å². The average molecular weight is 608 g/mol. The van der Waals surface area contributed by atoms with Crippen molar-refractivity contribution in [3.63, 3.8) is 0 Å². The lowest BCUT2D eigenvalue weighted by Crippen LogP contribution is -2.55. The Hall–Kier alpha value is -3.41. The number of rotatable bonds is 5. The molecule has 0 spiro atoms. The summed E-state index contributed by atoms with van der Waals surface area (Å²) in [5.41, 5.74) is -2.33. The number of likely N-dealkylation sites (N-methyl/N-ethyl adjacent to an activating group) is 1. The molecule has 3 heterocycles. The van der Waals surface area contributed by atoms with Gasteiger partial charge < -0.3 is 20.1 Å². The average Bonchev–Trinajstić information content (AvgIpc) is 2.90. The van der Waals surface area contributed by atoms with Gasteiger partial charge >= 0.3 is 6.18 Å². The maximum Gasteiger partial charge on any atom is 0.417 e. The van der Waals surface area contributed by atoms with Crippen LogP contribution in [0.2, 0.25) is 0 Å². The van der Waals surface area contributed by atoms with E-state index in [4.69, 9.17) is 0 Å². The third-order valence-electron chi connectivity index (χ3n) is 8.51. The van der Waals surface area contributed by atoms with Gasteiger partial charge in [0.15, 0.2) is 0 Å². The number of hydrogen-bond donors (Lipinski definition) is 2. The quantitative estimate of drug-likeness (QED) is 0.441. The van der Waals surface area contributed by atoms with E-state index in [1.54, 1.807) is 4.90 Å². The predicted molar refractivity (Wildman–Crippen MR) is 158 cm³/mol. The first kappa shape index (κ1) is 32.5. The molecule has 2 aliphatic rings. The van der Waals surface area contributed by atoms with Crippen LogP contribution in [0.4, 0.5) is 28.9 Å². The highest BCUT2D eigenvalue weighted by Gasteiger charge is 2.37. The Morgan fingerprint density at radius 3 is 2.19 bits per heavy atom. The second-order valence-electron chi connectivity index (χ2n) is 13.1. The number of pyridine rings is 1. The SMILES string of the molecule is CC1CN(c2cc(F)c(C3CCN(C(=O)CC(C)(C)C)CC3)cc2NC(=O)c2c[nH]c(=O)cc2C(F)(F)F)C[C@H](C)N1C. The van der Waals surface area contributed by atoms with Crippen LogP contribution in [0.25, 0.3) is 0 Å². The minimum atomic E-state index is -4.93. The van der Waals surface area contributed by atoms with Crippen molar-refractivity contribution in [3.05, 3.63) is 57.3 Å². The second kappa shape index (κ2) is 12.3. The summed E-state index contributed by atoms with van der Waals surface area (Å²) in [6.45, 7) is 12.0. The number of anilines is 2. The minimum absolute atomic E-state index is 0.0504. The van der Waals surface area contributed by atoms with Crippen molar-refractivity contribution in [1.82, 2.24) is 14.8 Å². The van der Waals surface area contributed by atoms with Gasteiger partial charge in [-0.25, -0.2) is 4.39 Å². The Morgan fingerprint density at radius 1 is 1.02 bits per heavy atom. The Morgan fingerprint density at radius 2 is 1.63 bits per heavy atom. The van der Waals surface area contributed by atoms with Crippen LogP contribution in [0.1, 0.15) is 81.3 Å². The number of benzene rings is 1. The standard InChI is InChI=1S/C31H41F4N5O3/c1-18-16-40(17-19(2)38(18)6)26-13-24(32)21(20-7-9-39(10-8-20)28(42)14-30(3,4)5)11-25(26)37-29(43)22-15-36-27(41)12-23(22)31(33,34)35/h11-13,15,18-20H,7-10,14,16-17H2,1-6H3,(H,36,41)(H,37,43)/t18-,19?/m0/s1. The molecule has 1 aromatic heterocycles. The van der Waals surface area contributed by atoms with Crippen LogP contribution < -0.4 is 15.8 Å². The molecular weight excluding hydrogens is 566 g/mol. The summed E-state index contributed by atoms with van der Waals surface area (Å²) in [5.74, 6) is -1.73. The molecule has 2 atom stereocenters. The van der Waals surface area contributed by atoms with Crippen LogP contribution in [-0.2, 0) is 11.0 Å². The van der Waals surface area contributed by atoms with E-state index in [9.17, 15) is 27.6 Å². The van der Waals surface area contributed by atoms with Crippen LogP contribution >= 0.6 is 0 Å². The number of hydrogen-bond acceptors (Lipinski definition) is 5. The fraction of sp³-hybridized carbons (Fsp3) is 0.581. The summed E-state index contributed by atoms with van der Waals surface area (Å²) in [5, 5.41) is 2.61. The zero-order valence-corrected chi connectivity index (χ0v) is 25.6. The zero-order valence-electron chi connectivity index (χ0n) is 25.6. The molecule has 12 heteroatoms. The molecule has 4 rings (SSSR count). The van der Waals surface area contributed by atoms with Crippen molar-refractivity contribution >= 4 is 23.2 Å². The molecule has 2 aliphatic heterocycles. The number of likely N-dealkylation sites (tertiary alicyclic amines) is 1. The smallest absolute Gasteiger partial charge is 0.367 e. The molecule has 2 saturated heterocycles. The van der Waals surface area contributed by atoms with Crippen LogP contribution in [-0.4, -0.2) is 71.9 Å². The van der Waals surface area contributed by atoms with E-state index in [0.29, 0.717) is 62.8 Å². The van der Waals surface area contributed by atoms with Gasteiger partial charge in [0.2, 0.25) is 11.5 Å². The molecule has 0 aliphatic carbocycles. The summed E-state index contributed by atoms with van der Waals surface area (Å²) in [4.78, 5) is 45.8. The molecule has 2 N–H and O–H groups in total. The number of piperidine rings is 1. The molecule has 2 amide bonds. The number of carbonyl (C=O) groups excluding carboxylic acids is 2. The van der Waals surface area contributed by atoms with Crippen molar-refractivity contribution < 1.29 is 27.2 Å². The first-order valence-electron chi connectivity index (χ1n) is 14.6. The number of H-pyrrole nitrogens is 1. The van der Waals surface area contributed by atoms with Gasteiger partial charge in [0.25, 0.3) is 5.91 Å². The Bertz CT molecular complexity index is 1400. The lowest BCUT2D eigenvalue weighted by Gasteiger charge is -2.44. The van der Waals surface area contributed by atoms with Crippen molar-refractivity contribution in [1.29, 1.82) is 0 Å². The zero-order chi connectivity index (χ0) is 31.9. The molecule has 2 aromatic rings. The van der Waals surface area contributed by atoms with E-state index in [1.807, 2.05) is 46.6 Å². The summed E-state index contributed by atoms with van der Waals surface area (Å²) in [6, 6.07) is 3.42. The lowest BCUT2D eigenvalue weighted by atomic mass is 9.87. The van der Waals surface area contributed by atoms with Gasteiger partial charge in [-0.3, -0.25) is 19.3 Å². The van der Waals surface area contributed by atoms with Gasteiger partial charge in [-0.2, -0.15) is 13.2 Å². The maximum atomic E-state index is 15.8. The lowest BCUT2D eigenvalue weighted by molar-refractivity contribution is -0.138. The van der Waals surface area contributed by atoms with Gasteiger partial charge in [0, 0.05) is 56.9 Å². The van der Waals surface area contributed by atoms with Gasteiger partial charge in [0.05, 0.1) is 22.5 Å². The molecule has 2 fully saturated rings. The largest absolute Gasteiger partial charge is 0.417 e. The van der Waals surface area contributed by atoms with E-state index in [1.165, 1.54) is 12.1 Å². The first-order chi connectivity index (χ1) is 19.9. The third kappa shape index (κ3) is 7.57. The Balaban J connectivity index is 1.68. The van der Waals surface area contributed by atoms with Crippen LogP contribution in [0, 0.1) is 11.2 Å². The molecular formula is C31H41F4N5O3. The highest BCUT2D eigenvalue weighted by atomic mass is 19.4. The fourth-order valence-corrected chi connectivity index (χ4v) is 5.94. The molecule has 0 bridgehead atoms. The van der Waals surface area contributed by atoms with Gasteiger partial charge in [-0.15, -0.1) is 0 Å². The van der Waals surface area contributed by atoms with E-state index in [0.717, 1.165) is 6.20 Å². The number of nitrogens with one attached hydrogen (secondary N) is 2. The molecule has 1 aromatic carbocycles. The Kier molecular flexibility index (Phi) is 9.30. The minimum Gasteiger partial charge on any atom is -0.367 e. The number of carbonyl (C=O) groups is 2. The third-order valence-corrected chi connectivity index (χ3v) is 8.51. The molecule has 8 nitrogen and oxygen atoms in total. The van der Waals surface area contributed by atoms with Crippen molar-refractivity contribution in [2.45, 2.75) is 78.1 Å². The number of aromatic nitrogens is 1. The number of nitrogens with zero attached hydrogens (tertiary/aromatic N) is 3. The number of halogens is 4. The normalized spacial score (nSPS) is 20.8. The van der Waals surface area contributed by atoms with E-state index < -0.39 is 34.6 Å². The number of alkyl halides is 3. The van der Waals surface area contributed by atoms with Crippen LogP contribution in [0.15, 0.2) is 29.2 Å². The summed E-state index contributed by atoms with van der Waals surface area (Å²) in [7, 11) is 1.99. The molecule has 0 radical (unpaired) electrons. The van der Waals surface area contributed by atoms with Gasteiger partial charge in [-0.1, -0.05) is 20.8 Å². The van der Waals surface area contributed by atoms with E-state index in [-0.39, 0.29) is 35.0 Å². The molecule has 236 valence electrons. The molecule has 0 saturated carbocycles. The van der Waals surface area contributed by atoms with Crippen molar-refractivity contribution in [2.75, 3.05) is 43.4 Å². The fourth-order valence-electron chi connectivity index (χ4n) is 5.94. The van der Waals surface area contributed by atoms with E-state index in [2.05, 4.69) is 15.2 Å². The van der Waals surface area contributed by atoms with E-state index >= 15 is 4.39 Å². The summed E-state index contributed by atoms with van der Waals surface area (Å²) < 4.78 is 57.0. The second-order valence-corrected chi connectivity index (χ2v) is 13.1. The maximum absolute atomic E-state index is 15.8. The summed E-state index contributed by atoms with van der Waals surface area (Å²) in [6.07, 6.45) is -2.75. The van der Waals surface area contributed by atoms with Gasteiger partial charge in [-0.05, 0) is 62.8 Å². The Labute approximate surface area is 249 Å². The number of piperazine rings is 1. The highest BCUT2D eigenvalue weighted by Crippen LogP contribution is 2.39. The van der Waals surface area contributed by atoms with Gasteiger partial charge in [0.1, 0.15) is 5.82 Å². The van der Waals surface area contributed by atoms with Crippen molar-refractivity contribution in [3.8, 4) is 0 Å². The first-order valence-corrected chi connectivity index (χ1v) is 14.6. The monoisotopic (exact) mass is 607 g/mol.